The van der Waals surface area contributed by atoms with Gasteiger partial charge in [-0.2, -0.15) is 0 Å². The van der Waals surface area contributed by atoms with Gasteiger partial charge in [-0.1, -0.05) is 12.1 Å². The molecule has 1 amide bonds. The number of aromatic amines is 1. The fourth-order valence-corrected chi connectivity index (χ4v) is 1.79. The summed E-state index contributed by atoms with van der Waals surface area (Å²) in [6, 6.07) is 6.28. The zero-order valence-corrected chi connectivity index (χ0v) is 10.4. The topological polar surface area (TPSA) is 127 Å². The molecule has 0 saturated carbocycles. The van der Waals surface area contributed by atoms with Crippen LogP contribution >= 0.6 is 0 Å². The lowest BCUT2D eigenvalue weighted by atomic mass is 10.2. The maximum Gasteiger partial charge on any atom is 0.335 e. The Labute approximate surface area is 112 Å². The fourth-order valence-electron chi connectivity index (χ4n) is 1.79. The van der Waals surface area contributed by atoms with Crippen LogP contribution in [0.5, 0.6) is 11.6 Å². The number of rotatable bonds is 3. The van der Waals surface area contributed by atoms with E-state index in [1.165, 1.54) is 13.2 Å². The molecular weight excluding hydrogens is 266 g/mol. The van der Waals surface area contributed by atoms with Gasteiger partial charge in [0.25, 0.3) is 11.5 Å². The van der Waals surface area contributed by atoms with Gasteiger partial charge in [0.15, 0.2) is 5.56 Å². The highest BCUT2D eigenvalue weighted by Gasteiger charge is 2.21. The normalized spacial score (nSPS) is 10.2. The number of para-hydroxylation sites is 2. The number of aromatic hydroxyl groups is 1. The van der Waals surface area contributed by atoms with Crippen molar-refractivity contribution >= 4 is 5.91 Å². The smallest absolute Gasteiger partial charge is 0.335 e. The van der Waals surface area contributed by atoms with Gasteiger partial charge in [0.1, 0.15) is 5.75 Å². The minimum Gasteiger partial charge on any atom is -0.495 e. The highest BCUT2D eigenvalue weighted by molar-refractivity contribution is 5.94. The minimum atomic E-state index is -1.15. The van der Waals surface area contributed by atoms with E-state index in [1.54, 1.807) is 18.2 Å². The molecule has 0 spiro atoms. The lowest BCUT2D eigenvalue weighted by Crippen LogP contribution is -2.35. The number of carbonyl (C=O) groups excluding carboxylic acids is 1. The number of aromatic nitrogens is 2. The van der Waals surface area contributed by atoms with Gasteiger partial charge < -0.3 is 15.6 Å². The predicted molar refractivity (Wildman–Crippen MR) is 69.4 cm³/mol. The number of nitrogens with two attached hydrogens (primary N) is 1. The molecule has 0 saturated heterocycles. The molecule has 1 aromatic carbocycles. The standard InChI is InChI=1S/C12H11N3O5/c1-20-7-5-3-2-4-6(7)15-11(18)8(9(13)16)10(17)14-12(15)19/h2-5,18H,1H3,(H2,13,16)(H,14,17,19). The third-order valence-electron chi connectivity index (χ3n) is 2.66. The Hall–Kier alpha value is -3.03. The number of primary amides is 1. The second kappa shape index (κ2) is 4.92. The van der Waals surface area contributed by atoms with Crippen molar-refractivity contribution in [3.8, 4) is 17.3 Å². The number of nitrogens with zero attached hydrogens (tertiary/aromatic N) is 1. The Kier molecular flexibility index (Phi) is 3.30. The number of carbonyl (C=O) groups is 1. The monoisotopic (exact) mass is 277 g/mol. The first kappa shape index (κ1) is 13.4. The van der Waals surface area contributed by atoms with Gasteiger partial charge in [-0.3, -0.25) is 14.6 Å². The lowest BCUT2D eigenvalue weighted by molar-refractivity contribution is 0.0994. The third-order valence-corrected chi connectivity index (χ3v) is 2.66. The maximum absolute atomic E-state index is 11.8. The summed E-state index contributed by atoms with van der Waals surface area (Å²) in [4.78, 5) is 36.4. The molecule has 4 N–H and O–H groups in total. The molecule has 8 nitrogen and oxygen atoms in total. The molecule has 1 heterocycles. The Balaban J connectivity index is 2.88. The molecule has 104 valence electrons. The first-order chi connectivity index (χ1) is 9.47. The number of hydrogen-bond acceptors (Lipinski definition) is 5. The summed E-state index contributed by atoms with van der Waals surface area (Å²) in [6.07, 6.45) is 0. The molecule has 0 unspecified atom stereocenters. The summed E-state index contributed by atoms with van der Waals surface area (Å²) in [5.74, 6) is -1.71. The summed E-state index contributed by atoms with van der Waals surface area (Å²) >= 11 is 0. The molecule has 1 aromatic heterocycles. The number of hydrogen-bond donors (Lipinski definition) is 3. The van der Waals surface area contributed by atoms with Crippen molar-refractivity contribution in [2.75, 3.05) is 7.11 Å². The average Bonchev–Trinajstić information content (AvgIpc) is 2.38. The van der Waals surface area contributed by atoms with Crippen LogP contribution in [0.2, 0.25) is 0 Å². The number of methoxy groups -OCH3 is 1. The van der Waals surface area contributed by atoms with Crippen LogP contribution in [-0.4, -0.2) is 27.7 Å². The quantitative estimate of drug-likeness (QED) is 0.686. The van der Waals surface area contributed by atoms with E-state index in [0.717, 1.165) is 4.57 Å². The minimum absolute atomic E-state index is 0.163. The zero-order chi connectivity index (χ0) is 14.9. The molecule has 2 aromatic rings. The summed E-state index contributed by atoms with van der Waals surface area (Å²) in [7, 11) is 1.38. The van der Waals surface area contributed by atoms with Gasteiger partial charge in [-0.05, 0) is 12.1 Å². The lowest BCUT2D eigenvalue weighted by Gasteiger charge is -2.12. The highest BCUT2D eigenvalue weighted by Crippen LogP contribution is 2.24. The molecular formula is C12H11N3O5. The van der Waals surface area contributed by atoms with Crippen molar-refractivity contribution in [3.63, 3.8) is 0 Å². The second-order valence-electron chi connectivity index (χ2n) is 3.83. The number of nitrogens with one attached hydrogen (secondary N) is 1. The van der Waals surface area contributed by atoms with Crippen LogP contribution in [0.4, 0.5) is 0 Å². The molecule has 0 bridgehead atoms. The van der Waals surface area contributed by atoms with E-state index < -0.39 is 28.6 Å². The molecule has 2 rings (SSSR count). The van der Waals surface area contributed by atoms with Crippen molar-refractivity contribution in [3.05, 3.63) is 50.7 Å². The number of amides is 1. The molecule has 0 aliphatic carbocycles. The Morgan fingerprint density at radius 3 is 2.60 bits per heavy atom. The van der Waals surface area contributed by atoms with Gasteiger partial charge in [-0.15, -0.1) is 0 Å². The second-order valence-corrected chi connectivity index (χ2v) is 3.83. The predicted octanol–water partition coefficient (Wildman–Crippen LogP) is -0.661. The van der Waals surface area contributed by atoms with Crippen molar-refractivity contribution in [2.45, 2.75) is 0 Å². The van der Waals surface area contributed by atoms with Gasteiger partial charge in [0, 0.05) is 0 Å². The third kappa shape index (κ3) is 2.03. The van der Waals surface area contributed by atoms with Gasteiger partial charge >= 0.3 is 5.69 Å². The Morgan fingerprint density at radius 1 is 1.35 bits per heavy atom. The van der Waals surface area contributed by atoms with Crippen molar-refractivity contribution in [1.29, 1.82) is 0 Å². The van der Waals surface area contributed by atoms with Crippen LogP contribution in [0.1, 0.15) is 10.4 Å². The number of H-pyrrole nitrogens is 1. The van der Waals surface area contributed by atoms with Gasteiger partial charge in [-0.25, -0.2) is 9.36 Å². The maximum atomic E-state index is 11.8. The van der Waals surface area contributed by atoms with E-state index in [2.05, 4.69) is 0 Å². The summed E-state index contributed by atoms with van der Waals surface area (Å²) in [5.41, 5.74) is 2.52. The average molecular weight is 277 g/mol. The molecule has 0 aliphatic rings. The van der Waals surface area contributed by atoms with Gasteiger partial charge in [0.05, 0.1) is 12.8 Å². The molecule has 20 heavy (non-hydrogen) atoms. The number of ether oxygens (including phenoxy) is 1. The SMILES string of the molecule is COc1ccccc1-n1c(O)c(C(N)=O)c(=O)[nH]c1=O. The zero-order valence-electron chi connectivity index (χ0n) is 10.4. The van der Waals surface area contributed by atoms with E-state index in [1.807, 2.05) is 4.98 Å². The van der Waals surface area contributed by atoms with Crippen molar-refractivity contribution < 1.29 is 14.6 Å². The first-order valence-electron chi connectivity index (χ1n) is 5.49. The highest BCUT2D eigenvalue weighted by atomic mass is 16.5. The summed E-state index contributed by atoms with van der Waals surface area (Å²) < 4.78 is 5.80. The van der Waals surface area contributed by atoms with Crippen LogP contribution < -0.4 is 21.7 Å². The molecule has 8 heteroatoms. The van der Waals surface area contributed by atoms with Crippen LogP contribution in [0.3, 0.4) is 0 Å². The Bertz CT molecular complexity index is 790. The van der Waals surface area contributed by atoms with E-state index in [9.17, 15) is 19.5 Å². The summed E-state index contributed by atoms with van der Waals surface area (Å²) in [6.45, 7) is 0. The van der Waals surface area contributed by atoms with E-state index in [0.29, 0.717) is 0 Å². The first-order valence-corrected chi connectivity index (χ1v) is 5.49. The van der Waals surface area contributed by atoms with E-state index in [4.69, 9.17) is 10.5 Å². The van der Waals surface area contributed by atoms with Crippen LogP contribution in [0.25, 0.3) is 5.69 Å². The van der Waals surface area contributed by atoms with Crippen molar-refractivity contribution in [2.24, 2.45) is 5.73 Å². The van der Waals surface area contributed by atoms with Crippen LogP contribution in [0, 0.1) is 0 Å². The summed E-state index contributed by atoms with van der Waals surface area (Å²) in [5, 5.41) is 9.98. The van der Waals surface area contributed by atoms with Crippen LogP contribution in [0.15, 0.2) is 33.9 Å². The molecule has 0 radical (unpaired) electrons. The number of benzene rings is 1. The van der Waals surface area contributed by atoms with E-state index in [-0.39, 0.29) is 11.4 Å². The van der Waals surface area contributed by atoms with Gasteiger partial charge in [0.2, 0.25) is 5.88 Å². The fraction of sp³-hybridized carbons (Fsp3) is 0.0833. The molecule has 0 aliphatic heterocycles. The van der Waals surface area contributed by atoms with Crippen LogP contribution in [-0.2, 0) is 0 Å². The Morgan fingerprint density at radius 2 is 2.00 bits per heavy atom. The largest absolute Gasteiger partial charge is 0.495 e. The van der Waals surface area contributed by atoms with Crippen molar-refractivity contribution in [1.82, 2.24) is 9.55 Å². The van der Waals surface area contributed by atoms with E-state index >= 15 is 0 Å². The molecule has 0 fully saturated rings. The molecule has 0 atom stereocenters.